The van der Waals surface area contributed by atoms with Crippen LogP contribution in [-0.2, 0) is 0 Å². The van der Waals surface area contributed by atoms with Crippen molar-refractivity contribution in [3.05, 3.63) is 406 Å². The minimum Gasteiger partial charge on any atom is -0.309 e. The number of hydrogen-bond acceptors (Lipinski definition) is 5. The highest BCUT2D eigenvalue weighted by Crippen LogP contribution is 2.47. The zero-order chi connectivity index (χ0) is 76.3. The van der Waals surface area contributed by atoms with Crippen molar-refractivity contribution in [1.82, 2.24) is 43.2 Å². The third-order valence-corrected chi connectivity index (χ3v) is 23.2. The van der Waals surface area contributed by atoms with Gasteiger partial charge in [-0.1, -0.05) is 315 Å². The molecular formula is C107H67N9. The first kappa shape index (κ1) is 66.1. The van der Waals surface area contributed by atoms with Gasteiger partial charge in [0.1, 0.15) is 0 Å². The quantitative estimate of drug-likeness (QED) is 0.136. The normalized spacial score (nSPS) is 11.8. The van der Waals surface area contributed by atoms with E-state index in [9.17, 15) is 0 Å². The van der Waals surface area contributed by atoms with Crippen LogP contribution in [0.1, 0.15) is 0 Å². The van der Waals surface area contributed by atoms with Crippen LogP contribution in [0.25, 0.3) is 221 Å². The molecule has 24 aromatic rings. The van der Waals surface area contributed by atoms with Crippen molar-refractivity contribution in [1.29, 1.82) is 0 Å². The average molecular weight is 1480 g/mol. The largest absolute Gasteiger partial charge is 0.309 e. The van der Waals surface area contributed by atoms with Gasteiger partial charge >= 0.3 is 0 Å². The summed E-state index contributed by atoms with van der Waals surface area (Å²) < 4.78 is 9.81. The lowest BCUT2D eigenvalue weighted by Gasteiger charge is -2.15. The summed E-state index contributed by atoms with van der Waals surface area (Å²) in [4.78, 5) is 25.6. The number of benzene rings is 18. The standard InChI is InChI=1S/C54H34N4.C53H33N5/c1-3-16-36(17-4-1)47-34-48(37-18-5-2-6-19-37)56-54(55-47)46-33-41(32-39-21-9-10-22-42(39)46)57-50-26-14-12-24-45(50)52-51(57)30-29-44-43-23-11-13-25-49(43)58(53(44)52)40-28-27-35-15-7-8-20-38(35)31-40;1-3-15-35(16-4-1)51-54-52(36-17-5-2-6-18-36)56-53(55-51)39-27-29-41-38(32-39)20-13-25-45(41)58-47-24-12-10-22-44(47)49-48(58)31-30-43-42-21-9-11-23-46(42)57(50(43)49)40-28-26-34-14-7-8-19-37(34)33-40/h1-34H;1-33H. The summed E-state index contributed by atoms with van der Waals surface area (Å²) in [6.07, 6.45) is 0. The molecule has 24 rings (SSSR count). The van der Waals surface area contributed by atoms with E-state index in [0.717, 1.165) is 111 Å². The molecule has 6 heterocycles. The predicted molar refractivity (Wildman–Crippen MR) is 482 cm³/mol. The molecule has 0 unspecified atom stereocenters. The zero-order valence-corrected chi connectivity index (χ0v) is 62.7. The van der Waals surface area contributed by atoms with Gasteiger partial charge in [-0.25, -0.2) is 24.9 Å². The number of para-hydroxylation sites is 4. The van der Waals surface area contributed by atoms with E-state index in [-0.39, 0.29) is 0 Å². The smallest absolute Gasteiger partial charge is 0.164 e. The third-order valence-electron chi connectivity index (χ3n) is 23.2. The molecule has 116 heavy (non-hydrogen) atoms. The highest BCUT2D eigenvalue weighted by molar-refractivity contribution is 6.28. The molecule has 9 heteroatoms. The zero-order valence-electron chi connectivity index (χ0n) is 62.7. The summed E-state index contributed by atoms with van der Waals surface area (Å²) in [6, 6.07) is 145. The van der Waals surface area contributed by atoms with E-state index < -0.39 is 0 Å². The lowest BCUT2D eigenvalue weighted by molar-refractivity contribution is 1.07. The van der Waals surface area contributed by atoms with Crippen molar-refractivity contribution < 1.29 is 0 Å². The molecule has 6 aromatic heterocycles. The van der Waals surface area contributed by atoms with Gasteiger partial charge in [0.05, 0.1) is 61.2 Å². The molecule has 0 radical (unpaired) electrons. The van der Waals surface area contributed by atoms with Crippen molar-refractivity contribution in [2.24, 2.45) is 0 Å². The SMILES string of the molecule is c1ccc(-c2cc(-c3ccccc3)nc(-c3cc(-n4c5ccccc5c5c4ccc4c6ccccc6n(-c6ccc7ccccc7c6)c45)cc4ccccc34)n2)cc1.c1ccc(-c2nc(-c3ccccc3)nc(-c3ccc4c(-n5c6ccccc6c6c5ccc5c7ccccc7n(-c7ccc8ccccc8c7)c56)cccc4c3)n2)cc1. The molecule has 18 aromatic carbocycles. The van der Waals surface area contributed by atoms with E-state index in [0.29, 0.717) is 23.3 Å². The second kappa shape index (κ2) is 27.1. The Morgan fingerprint density at radius 1 is 0.172 bits per heavy atom. The van der Waals surface area contributed by atoms with Gasteiger partial charge in [-0.2, -0.15) is 0 Å². The lowest BCUT2D eigenvalue weighted by Crippen LogP contribution is -2.00. The van der Waals surface area contributed by atoms with Crippen LogP contribution in [0, 0.1) is 0 Å². The van der Waals surface area contributed by atoms with Crippen molar-refractivity contribution in [3.63, 3.8) is 0 Å². The Kier molecular flexibility index (Phi) is 15.4. The van der Waals surface area contributed by atoms with E-state index in [1.165, 1.54) is 86.7 Å². The summed E-state index contributed by atoms with van der Waals surface area (Å²) >= 11 is 0. The van der Waals surface area contributed by atoms with Gasteiger partial charge in [-0.05, 0) is 129 Å². The van der Waals surface area contributed by atoms with Crippen LogP contribution in [0.4, 0.5) is 0 Å². The second-order valence-corrected chi connectivity index (χ2v) is 29.8. The van der Waals surface area contributed by atoms with Crippen molar-refractivity contribution >= 4 is 130 Å². The van der Waals surface area contributed by atoms with E-state index in [1.54, 1.807) is 0 Å². The topological polar surface area (TPSA) is 84.2 Å². The molecule has 0 fully saturated rings. The fourth-order valence-electron chi connectivity index (χ4n) is 18.0. The first-order valence-electron chi connectivity index (χ1n) is 39.4. The highest BCUT2D eigenvalue weighted by Gasteiger charge is 2.26. The summed E-state index contributed by atoms with van der Waals surface area (Å²) in [6.45, 7) is 0. The van der Waals surface area contributed by atoms with Gasteiger partial charge in [0, 0.05) is 98.9 Å². The van der Waals surface area contributed by atoms with Crippen LogP contribution in [0.2, 0.25) is 0 Å². The fourth-order valence-corrected chi connectivity index (χ4v) is 18.0. The van der Waals surface area contributed by atoms with Gasteiger partial charge < -0.3 is 18.3 Å². The van der Waals surface area contributed by atoms with Crippen LogP contribution >= 0.6 is 0 Å². The molecule has 0 aliphatic heterocycles. The Balaban J connectivity index is 0.000000137. The predicted octanol–water partition coefficient (Wildman–Crippen LogP) is 27.4. The molecule has 9 nitrogen and oxygen atoms in total. The summed E-state index contributed by atoms with van der Waals surface area (Å²) in [5.41, 5.74) is 21.6. The molecule has 540 valence electrons. The molecule has 0 spiro atoms. The van der Waals surface area contributed by atoms with E-state index >= 15 is 0 Å². The van der Waals surface area contributed by atoms with Crippen molar-refractivity contribution in [2.75, 3.05) is 0 Å². The molecule has 0 bridgehead atoms. The van der Waals surface area contributed by atoms with E-state index in [2.05, 4.69) is 352 Å². The maximum absolute atomic E-state index is 5.30. The Bertz CT molecular complexity index is 7960. The Morgan fingerprint density at radius 3 is 1.07 bits per heavy atom. The van der Waals surface area contributed by atoms with Gasteiger partial charge in [0.25, 0.3) is 0 Å². The highest BCUT2D eigenvalue weighted by atomic mass is 15.1. The molecule has 0 N–H and O–H groups in total. The van der Waals surface area contributed by atoms with Crippen LogP contribution in [0.3, 0.4) is 0 Å². The van der Waals surface area contributed by atoms with Crippen LogP contribution in [-0.4, -0.2) is 43.2 Å². The van der Waals surface area contributed by atoms with Gasteiger partial charge in [-0.15, -0.1) is 0 Å². The summed E-state index contributed by atoms with van der Waals surface area (Å²) in [5.74, 6) is 2.63. The van der Waals surface area contributed by atoms with Crippen molar-refractivity contribution in [3.8, 4) is 90.8 Å². The maximum atomic E-state index is 5.30. The minimum absolute atomic E-state index is 0.640. The first-order valence-corrected chi connectivity index (χ1v) is 39.4. The molecule has 0 saturated carbocycles. The van der Waals surface area contributed by atoms with Gasteiger partial charge in [-0.3, -0.25) is 0 Å². The number of aromatic nitrogens is 9. The summed E-state index contributed by atoms with van der Waals surface area (Å²) in [7, 11) is 0. The average Bonchev–Trinajstić information content (AvgIpc) is 1.55. The molecular weight excluding hydrogens is 1410 g/mol. The number of rotatable bonds is 10. The van der Waals surface area contributed by atoms with Crippen molar-refractivity contribution in [2.45, 2.75) is 0 Å². The Hall–Kier alpha value is -15.7. The van der Waals surface area contributed by atoms with Crippen LogP contribution < -0.4 is 0 Å². The van der Waals surface area contributed by atoms with Gasteiger partial charge in [0.15, 0.2) is 23.3 Å². The van der Waals surface area contributed by atoms with E-state index in [4.69, 9.17) is 24.9 Å². The monoisotopic (exact) mass is 1480 g/mol. The first-order chi connectivity index (χ1) is 57.5. The Morgan fingerprint density at radius 2 is 0.552 bits per heavy atom. The maximum Gasteiger partial charge on any atom is 0.164 e. The number of hydrogen-bond donors (Lipinski definition) is 0. The summed E-state index contributed by atoms with van der Waals surface area (Å²) in [5, 5.41) is 19.2. The number of fused-ring (bicyclic) bond motifs is 18. The lowest BCUT2D eigenvalue weighted by atomic mass is 10.0. The van der Waals surface area contributed by atoms with Crippen LogP contribution in [0.15, 0.2) is 406 Å². The molecule has 0 saturated heterocycles. The van der Waals surface area contributed by atoms with Crippen LogP contribution in [0.5, 0.6) is 0 Å². The second-order valence-electron chi connectivity index (χ2n) is 29.8. The fraction of sp³-hybridized carbons (Fsp3) is 0. The molecule has 0 aliphatic rings. The Labute approximate surface area is 666 Å². The molecule has 0 aliphatic carbocycles. The minimum atomic E-state index is 0.640. The molecule has 0 atom stereocenters. The van der Waals surface area contributed by atoms with E-state index in [1.807, 2.05) is 72.8 Å². The third kappa shape index (κ3) is 10.9. The molecule has 0 amide bonds. The van der Waals surface area contributed by atoms with Gasteiger partial charge in [0.2, 0.25) is 0 Å². The number of nitrogens with zero attached hydrogens (tertiary/aromatic N) is 9.